The molecule has 6 nitrogen and oxygen atoms in total. The second-order valence-electron chi connectivity index (χ2n) is 3.97. The van der Waals surface area contributed by atoms with Crippen LogP contribution in [0.25, 0.3) is 11.4 Å². The molecule has 0 aromatic carbocycles. The molecule has 2 aromatic rings. The molecule has 1 atom stereocenters. The van der Waals surface area contributed by atoms with Crippen molar-refractivity contribution in [2.24, 2.45) is 0 Å². The lowest BCUT2D eigenvalue weighted by molar-refractivity contribution is 0.142. The van der Waals surface area contributed by atoms with Gasteiger partial charge in [-0.25, -0.2) is 0 Å². The molecule has 0 saturated carbocycles. The van der Waals surface area contributed by atoms with E-state index in [-0.39, 0.29) is 12.6 Å². The Kier molecular flexibility index (Phi) is 3.55. The van der Waals surface area contributed by atoms with Crippen LogP contribution in [0.5, 0.6) is 0 Å². The number of hydrogen-bond acceptors (Lipinski definition) is 6. The van der Waals surface area contributed by atoms with Gasteiger partial charge in [0.15, 0.2) is 0 Å². The minimum atomic E-state index is 0.0549. The molecule has 1 unspecified atom stereocenters. The monoisotopic (exact) mass is 237 g/mol. The van der Waals surface area contributed by atoms with E-state index in [0.29, 0.717) is 18.3 Å². The predicted molar refractivity (Wildman–Crippen MR) is 60.0 cm³/mol. The molecule has 0 spiro atoms. The van der Waals surface area contributed by atoms with E-state index in [4.69, 9.17) is 14.0 Å². The summed E-state index contributed by atoms with van der Waals surface area (Å²) >= 11 is 0. The molecule has 2 rings (SSSR count). The van der Waals surface area contributed by atoms with Crippen LogP contribution in [0, 0.1) is 0 Å². The largest absolute Gasteiger partial charge is 0.472 e. The smallest absolute Gasteiger partial charge is 0.241 e. The average Bonchev–Trinajstić information content (AvgIpc) is 2.97. The Morgan fingerprint density at radius 2 is 2.35 bits per heavy atom. The maximum Gasteiger partial charge on any atom is 0.241 e. The number of rotatable bonds is 5. The summed E-state index contributed by atoms with van der Waals surface area (Å²) in [6, 6.07) is 1.83. The van der Waals surface area contributed by atoms with Crippen molar-refractivity contribution in [3.63, 3.8) is 0 Å². The summed E-state index contributed by atoms with van der Waals surface area (Å²) in [4.78, 5) is 6.19. The van der Waals surface area contributed by atoms with Gasteiger partial charge < -0.3 is 14.0 Å². The molecular formula is C11H15N3O3. The van der Waals surface area contributed by atoms with Crippen molar-refractivity contribution in [2.75, 3.05) is 13.7 Å². The van der Waals surface area contributed by atoms with Gasteiger partial charge in [-0.3, -0.25) is 4.90 Å². The number of aliphatic hydroxyl groups is 1. The van der Waals surface area contributed by atoms with Crippen LogP contribution in [0.4, 0.5) is 0 Å². The molecule has 0 aliphatic heterocycles. The number of nitrogens with zero attached hydrogens (tertiary/aromatic N) is 3. The molecule has 2 aromatic heterocycles. The topological polar surface area (TPSA) is 75.5 Å². The predicted octanol–water partition coefficient (Wildman–Crippen LogP) is 1.14. The van der Waals surface area contributed by atoms with Gasteiger partial charge in [0.25, 0.3) is 0 Å². The molecular weight excluding hydrogens is 222 g/mol. The highest BCUT2D eigenvalue weighted by molar-refractivity contribution is 5.51. The van der Waals surface area contributed by atoms with Gasteiger partial charge in [-0.1, -0.05) is 5.16 Å². The number of hydrogen-bond donors (Lipinski definition) is 1. The molecule has 0 saturated heterocycles. The second-order valence-corrected chi connectivity index (χ2v) is 3.97. The molecule has 17 heavy (non-hydrogen) atoms. The molecule has 6 heteroatoms. The van der Waals surface area contributed by atoms with Gasteiger partial charge in [-0.2, -0.15) is 4.98 Å². The summed E-state index contributed by atoms with van der Waals surface area (Å²) in [6.45, 7) is 2.53. The third-order valence-electron chi connectivity index (χ3n) is 2.65. The molecule has 0 bridgehead atoms. The van der Waals surface area contributed by atoms with E-state index in [9.17, 15) is 0 Å². The first-order valence-electron chi connectivity index (χ1n) is 5.37. The summed E-state index contributed by atoms with van der Waals surface area (Å²) in [6.07, 6.45) is 3.13. The Morgan fingerprint density at radius 3 is 3.00 bits per heavy atom. The fourth-order valence-electron chi connectivity index (χ4n) is 1.34. The van der Waals surface area contributed by atoms with Crippen molar-refractivity contribution in [3.05, 3.63) is 24.5 Å². The quantitative estimate of drug-likeness (QED) is 0.840. The molecule has 0 amide bonds. The lowest BCUT2D eigenvalue weighted by Crippen LogP contribution is -2.31. The maximum atomic E-state index is 9.02. The molecule has 0 fully saturated rings. The van der Waals surface area contributed by atoms with Crippen LogP contribution in [0.3, 0.4) is 0 Å². The van der Waals surface area contributed by atoms with E-state index in [1.54, 1.807) is 18.6 Å². The van der Waals surface area contributed by atoms with E-state index in [1.807, 2.05) is 18.9 Å². The molecule has 0 radical (unpaired) electrons. The van der Waals surface area contributed by atoms with Gasteiger partial charge in [-0.05, 0) is 20.0 Å². The Morgan fingerprint density at radius 1 is 1.53 bits per heavy atom. The Bertz CT molecular complexity index is 452. The normalized spacial score (nSPS) is 13.2. The van der Waals surface area contributed by atoms with E-state index in [2.05, 4.69) is 10.1 Å². The zero-order valence-electron chi connectivity index (χ0n) is 9.83. The molecule has 92 valence electrons. The van der Waals surface area contributed by atoms with Crippen LogP contribution in [-0.4, -0.2) is 39.8 Å². The van der Waals surface area contributed by atoms with Gasteiger partial charge in [0.05, 0.1) is 25.0 Å². The Hall–Kier alpha value is -1.66. The fraction of sp³-hybridized carbons (Fsp3) is 0.455. The number of aromatic nitrogens is 2. The molecule has 0 aliphatic rings. The summed E-state index contributed by atoms with van der Waals surface area (Å²) in [5.74, 6) is 1.03. The summed E-state index contributed by atoms with van der Waals surface area (Å²) < 4.78 is 10.1. The van der Waals surface area contributed by atoms with Crippen LogP contribution < -0.4 is 0 Å². The fourth-order valence-corrected chi connectivity index (χ4v) is 1.34. The van der Waals surface area contributed by atoms with Crippen molar-refractivity contribution in [1.29, 1.82) is 0 Å². The van der Waals surface area contributed by atoms with Crippen LogP contribution in [0.2, 0.25) is 0 Å². The van der Waals surface area contributed by atoms with Crippen LogP contribution in [0.1, 0.15) is 12.8 Å². The second kappa shape index (κ2) is 5.11. The van der Waals surface area contributed by atoms with Gasteiger partial charge in [-0.15, -0.1) is 0 Å². The lowest BCUT2D eigenvalue weighted by Gasteiger charge is -2.20. The average molecular weight is 237 g/mol. The first-order valence-corrected chi connectivity index (χ1v) is 5.37. The van der Waals surface area contributed by atoms with Crippen molar-refractivity contribution < 1.29 is 14.0 Å². The summed E-state index contributed by atoms with van der Waals surface area (Å²) in [7, 11) is 1.89. The van der Waals surface area contributed by atoms with Crippen molar-refractivity contribution in [1.82, 2.24) is 15.0 Å². The highest BCUT2D eigenvalue weighted by Crippen LogP contribution is 2.16. The Labute approximate surface area is 98.8 Å². The zero-order valence-corrected chi connectivity index (χ0v) is 9.83. The lowest BCUT2D eigenvalue weighted by atomic mass is 10.3. The highest BCUT2D eigenvalue weighted by Gasteiger charge is 2.14. The molecule has 1 N–H and O–H groups in total. The van der Waals surface area contributed by atoms with Gasteiger partial charge >= 0.3 is 0 Å². The van der Waals surface area contributed by atoms with E-state index >= 15 is 0 Å². The van der Waals surface area contributed by atoms with Crippen LogP contribution in [0.15, 0.2) is 27.5 Å². The molecule has 2 heterocycles. The minimum Gasteiger partial charge on any atom is -0.472 e. The van der Waals surface area contributed by atoms with Crippen molar-refractivity contribution in [2.45, 2.75) is 19.5 Å². The van der Waals surface area contributed by atoms with Gasteiger partial charge in [0.2, 0.25) is 11.7 Å². The third-order valence-corrected chi connectivity index (χ3v) is 2.65. The third kappa shape index (κ3) is 2.72. The summed E-state index contributed by atoms with van der Waals surface area (Å²) in [5, 5.41) is 12.9. The number of likely N-dealkylation sites (N-methyl/N-ethyl adjacent to an activating group) is 1. The Balaban J connectivity index is 2.04. The number of furan rings is 1. The SMILES string of the molecule is CC(CO)N(C)Cc1nc(-c2ccoc2)no1. The highest BCUT2D eigenvalue weighted by atomic mass is 16.5. The zero-order chi connectivity index (χ0) is 12.3. The summed E-state index contributed by atoms with van der Waals surface area (Å²) in [5.41, 5.74) is 0.790. The van der Waals surface area contributed by atoms with E-state index in [0.717, 1.165) is 5.56 Å². The van der Waals surface area contributed by atoms with Gasteiger partial charge in [0, 0.05) is 6.04 Å². The first kappa shape index (κ1) is 11.8. The van der Waals surface area contributed by atoms with Crippen molar-refractivity contribution in [3.8, 4) is 11.4 Å². The number of aliphatic hydroxyl groups excluding tert-OH is 1. The van der Waals surface area contributed by atoms with Crippen LogP contribution >= 0.6 is 0 Å². The minimum absolute atomic E-state index is 0.0549. The van der Waals surface area contributed by atoms with E-state index in [1.165, 1.54) is 0 Å². The van der Waals surface area contributed by atoms with Crippen molar-refractivity contribution >= 4 is 0 Å². The standard InChI is InChI=1S/C11H15N3O3/c1-8(6-15)14(2)5-10-12-11(13-17-10)9-3-4-16-7-9/h3-4,7-8,15H,5-6H2,1-2H3. The van der Waals surface area contributed by atoms with E-state index < -0.39 is 0 Å². The van der Waals surface area contributed by atoms with Gasteiger partial charge in [0.1, 0.15) is 6.26 Å². The van der Waals surface area contributed by atoms with Crippen LogP contribution in [-0.2, 0) is 6.54 Å². The first-order chi connectivity index (χ1) is 8.20. The maximum absolute atomic E-state index is 9.02. The molecule has 0 aliphatic carbocycles.